The molecule has 0 aromatic heterocycles. The first-order valence-corrected chi connectivity index (χ1v) is 6.45. The molecule has 18 heavy (non-hydrogen) atoms. The number of amides is 1. The number of nitrogens with two attached hydrogens (primary N) is 1. The van der Waals surface area contributed by atoms with Crippen LogP contribution in [-0.4, -0.2) is 23.2 Å². The zero-order chi connectivity index (χ0) is 13.0. The smallest absolute Gasteiger partial charge is 0.248 e. The molecule has 0 saturated heterocycles. The minimum Gasteiger partial charge on any atom is -0.393 e. The van der Waals surface area contributed by atoms with Crippen molar-refractivity contribution < 1.29 is 9.90 Å². The summed E-state index contributed by atoms with van der Waals surface area (Å²) < 4.78 is 0. The number of aliphatic hydroxyl groups is 1. The maximum Gasteiger partial charge on any atom is 0.248 e. The fourth-order valence-corrected chi connectivity index (χ4v) is 2.38. The van der Waals surface area contributed by atoms with Gasteiger partial charge in [0.25, 0.3) is 0 Å². The van der Waals surface area contributed by atoms with E-state index < -0.39 is 5.91 Å². The summed E-state index contributed by atoms with van der Waals surface area (Å²) in [5.74, 6) is -0.391. The lowest BCUT2D eigenvalue weighted by atomic mass is 9.93. The fraction of sp³-hybridized carbons (Fsp3) is 0.500. The van der Waals surface area contributed by atoms with Crippen LogP contribution in [0, 0.1) is 0 Å². The molecular formula is C14H20N2O2. The second-order valence-electron chi connectivity index (χ2n) is 4.95. The lowest BCUT2D eigenvalue weighted by molar-refractivity contribution is 0.1000. The number of carbonyl (C=O) groups is 1. The third-order valence-corrected chi connectivity index (χ3v) is 3.50. The Hall–Kier alpha value is -1.39. The van der Waals surface area contributed by atoms with Gasteiger partial charge < -0.3 is 16.2 Å². The van der Waals surface area contributed by atoms with Crippen LogP contribution in [0.1, 0.15) is 41.6 Å². The van der Waals surface area contributed by atoms with Crippen molar-refractivity contribution in [3.63, 3.8) is 0 Å². The summed E-state index contributed by atoms with van der Waals surface area (Å²) in [5, 5.41) is 12.9. The van der Waals surface area contributed by atoms with Crippen LogP contribution in [-0.2, 0) is 6.54 Å². The van der Waals surface area contributed by atoms with Crippen molar-refractivity contribution in [1.82, 2.24) is 5.32 Å². The summed E-state index contributed by atoms with van der Waals surface area (Å²) in [7, 11) is 0. The number of aliphatic hydroxyl groups excluding tert-OH is 1. The molecule has 1 aromatic carbocycles. The zero-order valence-corrected chi connectivity index (χ0v) is 10.4. The van der Waals surface area contributed by atoms with E-state index in [1.165, 1.54) is 0 Å². The summed E-state index contributed by atoms with van der Waals surface area (Å²) in [6, 6.07) is 7.85. The largest absolute Gasteiger partial charge is 0.393 e. The number of benzene rings is 1. The molecule has 0 unspecified atom stereocenters. The maximum atomic E-state index is 11.1. The number of rotatable bonds is 4. The van der Waals surface area contributed by atoms with Gasteiger partial charge in [-0.2, -0.15) is 0 Å². The highest BCUT2D eigenvalue weighted by Crippen LogP contribution is 2.18. The van der Waals surface area contributed by atoms with Crippen molar-refractivity contribution in [3.05, 3.63) is 35.4 Å². The summed E-state index contributed by atoms with van der Waals surface area (Å²) in [5.41, 5.74) is 6.87. The van der Waals surface area contributed by atoms with E-state index in [0.717, 1.165) is 37.8 Å². The number of primary amides is 1. The predicted molar refractivity (Wildman–Crippen MR) is 70.1 cm³/mol. The quantitative estimate of drug-likeness (QED) is 0.749. The molecule has 1 aromatic rings. The third kappa shape index (κ3) is 3.55. The second-order valence-corrected chi connectivity index (χ2v) is 4.95. The minimum atomic E-state index is -0.391. The molecule has 2 rings (SSSR count). The van der Waals surface area contributed by atoms with Crippen molar-refractivity contribution in [2.45, 2.75) is 44.4 Å². The number of hydrogen-bond acceptors (Lipinski definition) is 3. The van der Waals surface area contributed by atoms with E-state index in [2.05, 4.69) is 5.32 Å². The highest BCUT2D eigenvalue weighted by molar-refractivity contribution is 5.92. The molecule has 0 bridgehead atoms. The first-order valence-electron chi connectivity index (χ1n) is 6.45. The van der Waals surface area contributed by atoms with E-state index in [4.69, 9.17) is 5.73 Å². The molecule has 0 aliphatic heterocycles. The molecule has 98 valence electrons. The van der Waals surface area contributed by atoms with Gasteiger partial charge in [0.1, 0.15) is 0 Å². The standard InChI is InChI=1S/C14H20N2O2/c15-14(18)11-3-1-2-10(8-11)9-16-12-4-6-13(17)7-5-12/h1-3,8,12-13,16-17H,4-7,9H2,(H2,15,18). The Morgan fingerprint density at radius 1 is 1.33 bits per heavy atom. The molecule has 0 radical (unpaired) electrons. The van der Waals surface area contributed by atoms with Crippen LogP contribution in [0.25, 0.3) is 0 Å². The molecule has 1 aliphatic carbocycles. The first kappa shape index (κ1) is 13.1. The van der Waals surface area contributed by atoms with Gasteiger partial charge in [-0.25, -0.2) is 0 Å². The Morgan fingerprint density at radius 2 is 2.06 bits per heavy atom. The van der Waals surface area contributed by atoms with Crippen LogP contribution in [0.3, 0.4) is 0 Å². The SMILES string of the molecule is NC(=O)c1cccc(CNC2CCC(O)CC2)c1. The summed E-state index contributed by atoms with van der Waals surface area (Å²) in [4.78, 5) is 11.1. The molecule has 0 spiro atoms. The van der Waals surface area contributed by atoms with E-state index in [1.807, 2.05) is 18.2 Å². The highest BCUT2D eigenvalue weighted by Gasteiger charge is 2.18. The lowest BCUT2D eigenvalue weighted by Gasteiger charge is -2.26. The topological polar surface area (TPSA) is 75.4 Å². The zero-order valence-electron chi connectivity index (χ0n) is 10.4. The fourth-order valence-electron chi connectivity index (χ4n) is 2.38. The normalized spacial score (nSPS) is 23.8. The van der Waals surface area contributed by atoms with Gasteiger partial charge in [0, 0.05) is 18.2 Å². The molecular weight excluding hydrogens is 228 g/mol. The third-order valence-electron chi connectivity index (χ3n) is 3.50. The molecule has 0 atom stereocenters. The Balaban J connectivity index is 1.86. The van der Waals surface area contributed by atoms with Crippen LogP contribution in [0.15, 0.2) is 24.3 Å². The Bertz CT molecular complexity index is 412. The molecule has 4 heteroatoms. The van der Waals surface area contributed by atoms with Crippen LogP contribution >= 0.6 is 0 Å². The van der Waals surface area contributed by atoms with Crippen LogP contribution < -0.4 is 11.1 Å². The highest BCUT2D eigenvalue weighted by atomic mass is 16.3. The van der Waals surface area contributed by atoms with Gasteiger partial charge in [-0.1, -0.05) is 12.1 Å². The Labute approximate surface area is 107 Å². The number of carbonyl (C=O) groups excluding carboxylic acids is 1. The van der Waals surface area contributed by atoms with Crippen LogP contribution in [0.2, 0.25) is 0 Å². The van der Waals surface area contributed by atoms with Crippen molar-refractivity contribution >= 4 is 5.91 Å². The number of nitrogens with one attached hydrogen (secondary N) is 1. The summed E-state index contributed by atoms with van der Waals surface area (Å²) >= 11 is 0. The van der Waals surface area contributed by atoms with E-state index >= 15 is 0 Å². The van der Waals surface area contributed by atoms with Crippen molar-refractivity contribution in [1.29, 1.82) is 0 Å². The van der Waals surface area contributed by atoms with E-state index in [9.17, 15) is 9.90 Å². The molecule has 1 amide bonds. The van der Waals surface area contributed by atoms with Gasteiger partial charge in [-0.05, 0) is 43.4 Å². The average Bonchev–Trinajstić information content (AvgIpc) is 2.38. The van der Waals surface area contributed by atoms with Gasteiger partial charge in [-0.15, -0.1) is 0 Å². The monoisotopic (exact) mass is 248 g/mol. The van der Waals surface area contributed by atoms with Gasteiger partial charge in [0.2, 0.25) is 5.91 Å². The molecule has 0 heterocycles. The van der Waals surface area contributed by atoms with Gasteiger partial charge in [-0.3, -0.25) is 4.79 Å². The average molecular weight is 248 g/mol. The van der Waals surface area contributed by atoms with Crippen LogP contribution in [0.4, 0.5) is 0 Å². The molecule has 1 aliphatic rings. The number of hydrogen-bond donors (Lipinski definition) is 3. The predicted octanol–water partition coefficient (Wildman–Crippen LogP) is 1.18. The molecule has 4 N–H and O–H groups in total. The van der Waals surface area contributed by atoms with E-state index in [0.29, 0.717) is 11.6 Å². The van der Waals surface area contributed by atoms with Gasteiger partial charge >= 0.3 is 0 Å². The molecule has 1 saturated carbocycles. The van der Waals surface area contributed by atoms with Crippen molar-refractivity contribution in [2.24, 2.45) is 5.73 Å². The minimum absolute atomic E-state index is 0.124. The second kappa shape index (κ2) is 5.98. The Kier molecular flexibility index (Phi) is 4.33. The first-order chi connectivity index (χ1) is 8.65. The molecule has 1 fully saturated rings. The lowest BCUT2D eigenvalue weighted by Crippen LogP contribution is -2.34. The molecule has 4 nitrogen and oxygen atoms in total. The van der Waals surface area contributed by atoms with Crippen molar-refractivity contribution in [3.8, 4) is 0 Å². The van der Waals surface area contributed by atoms with E-state index in [1.54, 1.807) is 6.07 Å². The van der Waals surface area contributed by atoms with Gasteiger partial charge in [0.15, 0.2) is 0 Å². The summed E-state index contributed by atoms with van der Waals surface area (Å²) in [6.45, 7) is 0.738. The van der Waals surface area contributed by atoms with E-state index in [-0.39, 0.29) is 6.10 Å². The van der Waals surface area contributed by atoms with Gasteiger partial charge in [0.05, 0.1) is 6.10 Å². The van der Waals surface area contributed by atoms with Crippen molar-refractivity contribution in [2.75, 3.05) is 0 Å². The Morgan fingerprint density at radius 3 is 2.72 bits per heavy atom. The van der Waals surface area contributed by atoms with Crippen LogP contribution in [0.5, 0.6) is 0 Å². The summed E-state index contributed by atoms with van der Waals surface area (Å²) in [6.07, 6.45) is 3.65. The maximum absolute atomic E-state index is 11.1.